The zero-order valence-corrected chi connectivity index (χ0v) is 14.5. The third-order valence-electron chi connectivity index (χ3n) is 5.32. The van der Waals surface area contributed by atoms with E-state index in [9.17, 15) is 8.42 Å². The van der Waals surface area contributed by atoms with Crippen molar-refractivity contribution in [1.29, 1.82) is 0 Å². The molecule has 0 bridgehead atoms. The highest BCUT2D eigenvalue weighted by Crippen LogP contribution is 2.31. The van der Waals surface area contributed by atoms with Gasteiger partial charge in [0.15, 0.2) is 0 Å². The summed E-state index contributed by atoms with van der Waals surface area (Å²) in [7, 11) is -3.48. The molecule has 128 valence electrons. The molecule has 6 heteroatoms. The first-order valence-corrected chi connectivity index (χ1v) is 10.2. The van der Waals surface area contributed by atoms with E-state index >= 15 is 0 Å². The van der Waals surface area contributed by atoms with Crippen LogP contribution < -0.4 is 4.72 Å². The van der Waals surface area contributed by atoms with Crippen molar-refractivity contribution in [3.05, 3.63) is 48.0 Å². The Morgan fingerprint density at radius 3 is 2.71 bits per heavy atom. The second-order valence-corrected chi connectivity index (χ2v) is 8.59. The number of hydrogen-bond donors (Lipinski definition) is 1. The fraction of sp³-hybridized carbons (Fsp3) is 0.500. The Labute approximate surface area is 143 Å². The van der Waals surface area contributed by atoms with Gasteiger partial charge in [-0.2, -0.15) is 0 Å². The van der Waals surface area contributed by atoms with Crippen LogP contribution in [0.15, 0.2) is 41.8 Å². The smallest absolute Gasteiger partial charge is 0.240 e. The molecule has 0 radical (unpaired) electrons. The summed E-state index contributed by atoms with van der Waals surface area (Å²) in [5.74, 6) is 0. The van der Waals surface area contributed by atoms with Gasteiger partial charge in [-0.25, -0.2) is 18.1 Å². The molecule has 0 amide bonds. The molecule has 1 aromatic heterocycles. The third kappa shape index (κ3) is 3.00. The quantitative estimate of drug-likeness (QED) is 0.927. The molecule has 0 saturated heterocycles. The summed E-state index contributed by atoms with van der Waals surface area (Å²) in [5.41, 5.74) is 2.50. The largest absolute Gasteiger partial charge is 0.333 e. The van der Waals surface area contributed by atoms with E-state index in [1.807, 2.05) is 22.9 Å². The molecule has 1 N–H and O–H groups in total. The van der Waals surface area contributed by atoms with Crippen molar-refractivity contribution in [2.45, 2.75) is 61.9 Å². The molecule has 1 fully saturated rings. The molecule has 2 aromatic rings. The minimum absolute atomic E-state index is 0.0692. The van der Waals surface area contributed by atoms with Gasteiger partial charge >= 0.3 is 0 Å². The standard InChI is InChI=1S/C18H23N3O2S/c22-24(23,16-9-8-14-4-1-2-5-15(14)12-16)20-17-6-3-7-18(17)21-11-10-19-13-21/h8-13,17-18,20H,1-7H2/t17-,18+/m0/s1. The zero-order chi connectivity index (χ0) is 16.6. The maximum atomic E-state index is 12.9. The SMILES string of the molecule is O=S(=O)(N[C@H]1CCC[C@H]1n1ccnc1)c1ccc2c(c1)CCCC2. The third-order valence-corrected chi connectivity index (χ3v) is 6.81. The lowest BCUT2D eigenvalue weighted by Crippen LogP contribution is -2.38. The van der Waals surface area contributed by atoms with Crippen LogP contribution in [0.25, 0.3) is 0 Å². The van der Waals surface area contributed by atoms with Crippen molar-refractivity contribution in [3.63, 3.8) is 0 Å². The summed E-state index contributed by atoms with van der Waals surface area (Å²) in [5, 5.41) is 0. The molecule has 24 heavy (non-hydrogen) atoms. The molecule has 5 nitrogen and oxygen atoms in total. The van der Waals surface area contributed by atoms with Gasteiger partial charge in [-0.3, -0.25) is 0 Å². The summed E-state index contributed by atoms with van der Waals surface area (Å²) < 4.78 is 30.7. The van der Waals surface area contributed by atoms with Gasteiger partial charge in [0, 0.05) is 18.4 Å². The maximum Gasteiger partial charge on any atom is 0.240 e. The van der Waals surface area contributed by atoms with Crippen molar-refractivity contribution >= 4 is 10.0 Å². The summed E-state index contributed by atoms with van der Waals surface area (Å²) in [6.07, 6.45) is 12.7. The van der Waals surface area contributed by atoms with E-state index in [-0.39, 0.29) is 12.1 Å². The number of sulfonamides is 1. The number of nitrogens with one attached hydrogen (secondary N) is 1. The van der Waals surface area contributed by atoms with E-state index in [0.717, 1.165) is 38.5 Å². The lowest BCUT2D eigenvalue weighted by molar-refractivity contribution is 0.431. The Kier molecular flexibility index (Phi) is 4.18. The number of aromatic nitrogens is 2. The van der Waals surface area contributed by atoms with E-state index in [1.54, 1.807) is 18.6 Å². The summed E-state index contributed by atoms with van der Waals surface area (Å²) in [4.78, 5) is 4.49. The second-order valence-electron chi connectivity index (χ2n) is 6.87. The molecule has 1 heterocycles. The molecule has 2 aliphatic carbocycles. The van der Waals surface area contributed by atoms with E-state index in [2.05, 4.69) is 9.71 Å². The molecule has 1 aromatic carbocycles. The van der Waals surface area contributed by atoms with Gasteiger partial charge in [0.2, 0.25) is 10.0 Å². The molecular formula is C18H23N3O2S. The number of aryl methyl sites for hydroxylation is 2. The molecule has 2 aliphatic rings. The minimum atomic E-state index is -3.48. The van der Waals surface area contributed by atoms with E-state index < -0.39 is 10.0 Å². The first kappa shape index (κ1) is 15.8. The fourth-order valence-corrected chi connectivity index (χ4v) is 5.40. The van der Waals surface area contributed by atoms with E-state index in [1.165, 1.54) is 17.5 Å². The van der Waals surface area contributed by atoms with Crippen LogP contribution in [0.1, 0.15) is 49.3 Å². The van der Waals surface area contributed by atoms with Crippen molar-refractivity contribution in [3.8, 4) is 0 Å². The number of nitrogens with zero attached hydrogens (tertiary/aromatic N) is 2. The highest BCUT2D eigenvalue weighted by molar-refractivity contribution is 7.89. The maximum absolute atomic E-state index is 12.9. The molecular weight excluding hydrogens is 322 g/mol. The molecule has 1 saturated carbocycles. The molecule has 0 spiro atoms. The number of hydrogen-bond acceptors (Lipinski definition) is 3. The van der Waals surface area contributed by atoms with Crippen molar-refractivity contribution in [2.24, 2.45) is 0 Å². The predicted molar refractivity (Wildman–Crippen MR) is 92.3 cm³/mol. The normalized spacial score (nSPS) is 24.0. The number of rotatable bonds is 4. The molecule has 0 unspecified atom stereocenters. The fourth-order valence-electron chi connectivity index (χ4n) is 4.04. The van der Waals surface area contributed by atoms with Crippen LogP contribution in [-0.2, 0) is 22.9 Å². The van der Waals surface area contributed by atoms with Gasteiger partial charge in [-0.1, -0.05) is 6.07 Å². The van der Waals surface area contributed by atoms with Crippen LogP contribution >= 0.6 is 0 Å². The highest BCUT2D eigenvalue weighted by Gasteiger charge is 2.32. The van der Waals surface area contributed by atoms with Crippen LogP contribution in [0.2, 0.25) is 0 Å². The van der Waals surface area contributed by atoms with Crippen LogP contribution in [0.5, 0.6) is 0 Å². The van der Waals surface area contributed by atoms with Crippen molar-refractivity contribution in [1.82, 2.24) is 14.3 Å². The first-order chi connectivity index (χ1) is 11.6. The van der Waals surface area contributed by atoms with Gasteiger partial charge in [0.1, 0.15) is 0 Å². The summed E-state index contributed by atoms with van der Waals surface area (Å²) >= 11 is 0. The molecule has 4 rings (SSSR count). The van der Waals surface area contributed by atoms with E-state index in [4.69, 9.17) is 0 Å². The van der Waals surface area contributed by atoms with Gasteiger partial charge in [0.25, 0.3) is 0 Å². The minimum Gasteiger partial charge on any atom is -0.333 e. The Morgan fingerprint density at radius 2 is 1.92 bits per heavy atom. The molecule has 2 atom stereocenters. The van der Waals surface area contributed by atoms with Crippen LogP contribution in [0, 0.1) is 0 Å². The van der Waals surface area contributed by atoms with Crippen LogP contribution in [-0.4, -0.2) is 24.0 Å². The predicted octanol–water partition coefficient (Wildman–Crippen LogP) is 2.83. The monoisotopic (exact) mass is 345 g/mol. The first-order valence-electron chi connectivity index (χ1n) is 8.75. The summed E-state index contributed by atoms with van der Waals surface area (Å²) in [6.45, 7) is 0. The van der Waals surface area contributed by atoms with Crippen molar-refractivity contribution < 1.29 is 8.42 Å². The van der Waals surface area contributed by atoms with Crippen LogP contribution in [0.4, 0.5) is 0 Å². The average molecular weight is 345 g/mol. The number of fused-ring (bicyclic) bond motifs is 1. The average Bonchev–Trinajstić information content (AvgIpc) is 3.25. The Hall–Kier alpha value is -1.66. The van der Waals surface area contributed by atoms with Gasteiger partial charge in [-0.15, -0.1) is 0 Å². The lowest BCUT2D eigenvalue weighted by atomic mass is 9.92. The van der Waals surface area contributed by atoms with Gasteiger partial charge in [-0.05, 0) is 68.2 Å². The Morgan fingerprint density at radius 1 is 1.08 bits per heavy atom. The van der Waals surface area contributed by atoms with Crippen molar-refractivity contribution in [2.75, 3.05) is 0 Å². The summed E-state index contributed by atoms with van der Waals surface area (Å²) in [6, 6.07) is 5.71. The molecule has 0 aliphatic heterocycles. The van der Waals surface area contributed by atoms with Gasteiger partial charge < -0.3 is 4.57 Å². The van der Waals surface area contributed by atoms with E-state index in [0.29, 0.717) is 4.90 Å². The lowest BCUT2D eigenvalue weighted by Gasteiger charge is -2.23. The topological polar surface area (TPSA) is 64.0 Å². The zero-order valence-electron chi connectivity index (χ0n) is 13.7. The van der Waals surface area contributed by atoms with Gasteiger partial charge in [0.05, 0.1) is 17.3 Å². The Bertz CT molecular complexity index is 815. The van der Waals surface area contributed by atoms with Crippen LogP contribution in [0.3, 0.4) is 0 Å². The Balaban J connectivity index is 1.57. The second kappa shape index (κ2) is 6.33. The number of imidazole rings is 1. The number of benzene rings is 1. The highest BCUT2D eigenvalue weighted by atomic mass is 32.2.